The summed E-state index contributed by atoms with van der Waals surface area (Å²) in [5.74, 6) is 0.213. The highest BCUT2D eigenvalue weighted by molar-refractivity contribution is 14.1. The molecule has 1 aliphatic carbocycles. The zero-order valence-electron chi connectivity index (χ0n) is 9.16. The Morgan fingerprint density at radius 2 is 2.39 bits per heavy atom. The van der Waals surface area contributed by atoms with Crippen molar-refractivity contribution >= 4 is 63.3 Å². The van der Waals surface area contributed by atoms with Crippen LogP contribution in [-0.4, -0.2) is 40.1 Å². The van der Waals surface area contributed by atoms with Crippen LogP contribution in [0, 0.1) is 11.8 Å². The van der Waals surface area contributed by atoms with Gasteiger partial charge in [-0.05, 0) is 10.2 Å². The van der Waals surface area contributed by atoms with Crippen molar-refractivity contribution in [1.82, 2.24) is 0 Å². The van der Waals surface area contributed by atoms with Crippen molar-refractivity contribution in [2.24, 2.45) is 11.8 Å². The van der Waals surface area contributed by atoms with Crippen LogP contribution in [0.2, 0.25) is 0 Å². The lowest BCUT2D eigenvalue weighted by Crippen LogP contribution is -2.05. The monoisotopic (exact) mass is 476 g/mol. The highest BCUT2D eigenvalue weighted by atomic mass is 127. The summed E-state index contributed by atoms with van der Waals surface area (Å²) in [6, 6.07) is 0. The predicted molar refractivity (Wildman–Crippen MR) is 79.5 cm³/mol. The number of hydrogen-bond acceptors (Lipinski definition) is 4. The fourth-order valence-electron chi connectivity index (χ4n) is 1.36. The van der Waals surface area contributed by atoms with Gasteiger partial charge in [0.1, 0.15) is 6.61 Å². The molecule has 6 nitrogen and oxygen atoms in total. The summed E-state index contributed by atoms with van der Waals surface area (Å²) >= 11 is 4.31. The molecule has 2 fully saturated rings. The third kappa shape index (κ3) is 4.65. The number of hydrogen-bond donors (Lipinski definition) is 0. The molecule has 0 bridgehead atoms. The molecule has 0 aromatic heterocycles. The summed E-state index contributed by atoms with van der Waals surface area (Å²) in [7, 11) is 0. The van der Waals surface area contributed by atoms with Crippen molar-refractivity contribution in [2.75, 3.05) is 13.2 Å². The first-order valence-corrected chi connectivity index (χ1v) is 7.51. The third-order valence-corrected chi connectivity index (χ3v) is 4.54. The Bertz CT molecular complexity index is 407. The number of ether oxygens (including phenoxy) is 2. The SMILES string of the molecule is O=C1OC[C@@H]2[C@H](I)[C@H]12.[N-]=[N+]=CC(=O)OC/C=C\I. The molecule has 1 heterocycles. The number of cyclic esters (lactones) is 1. The molecular weight excluding hydrogens is 466 g/mol. The Morgan fingerprint density at radius 3 is 2.78 bits per heavy atom. The second kappa shape index (κ2) is 7.85. The molecule has 3 atom stereocenters. The molecule has 0 spiro atoms. The lowest BCUT2D eigenvalue weighted by atomic mass is 10.4. The van der Waals surface area contributed by atoms with Gasteiger partial charge >= 0.3 is 18.2 Å². The lowest BCUT2D eigenvalue weighted by Gasteiger charge is -1.94. The highest BCUT2D eigenvalue weighted by Gasteiger charge is 2.59. The molecule has 1 saturated heterocycles. The van der Waals surface area contributed by atoms with Gasteiger partial charge in [-0.2, -0.15) is 4.79 Å². The maximum absolute atomic E-state index is 10.6. The fourth-order valence-corrected chi connectivity index (χ4v) is 2.81. The summed E-state index contributed by atoms with van der Waals surface area (Å²) in [6.45, 7) is 0.880. The van der Waals surface area contributed by atoms with Crippen molar-refractivity contribution in [2.45, 2.75) is 3.92 Å². The summed E-state index contributed by atoms with van der Waals surface area (Å²) in [5, 5.41) is 0. The Balaban J connectivity index is 0.000000182. The van der Waals surface area contributed by atoms with Crippen LogP contribution in [0.1, 0.15) is 0 Å². The molecule has 0 aromatic carbocycles. The van der Waals surface area contributed by atoms with E-state index in [1.165, 1.54) is 0 Å². The Morgan fingerprint density at radius 1 is 1.67 bits per heavy atom. The van der Waals surface area contributed by atoms with Crippen molar-refractivity contribution in [1.29, 1.82) is 0 Å². The van der Waals surface area contributed by atoms with Gasteiger partial charge in [-0.1, -0.05) is 45.2 Å². The molecule has 1 saturated carbocycles. The molecule has 0 radical (unpaired) electrons. The third-order valence-electron chi connectivity index (χ3n) is 2.34. The van der Waals surface area contributed by atoms with Crippen LogP contribution < -0.4 is 0 Å². The zero-order chi connectivity index (χ0) is 13.5. The fraction of sp³-hybridized carbons (Fsp3) is 0.500. The Hall–Kier alpha value is -0.480. The number of nitrogens with zero attached hydrogens (tertiary/aromatic N) is 2. The summed E-state index contributed by atoms with van der Waals surface area (Å²) < 4.78 is 11.5. The second-order valence-corrected chi connectivity index (χ2v) is 5.66. The van der Waals surface area contributed by atoms with Gasteiger partial charge < -0.3 is 15.0 Å². The van der Waals surface area contributed by atoms with Crippen LogP contribution in [0.4, 0.5) is 0 Å². The maximum Gasteiger partial charge on any atom is 0.413 e. The van der Waals surface area contributed by atoms with Gasteiger partial charge in [0, 0.05) is 9.84 Å². The highest BCUT2D eigenvalue weighted by Crippen LogP contribution is 2.50. The van der Waals surface area contributed by atoms with Crippen molar-refractivity contribution in [3.8, 4) is 0 Å². The molecule has 18 heavy (non-hydrogen) atoms. The quantitative estimate of drug-likeness (QED) is 0.154. The molecule has 0 N–H and O–H groups in total. The van der Waals surface area contributed by atoms with Gasteiger partial charge in [0.15, 0.2) is 0 Å². The smallest absolute Gasteiger partial charge is 0.413 e. The minimum atomic E-state index is -0.656. The Kier molecular flexibility index (Phi) is 6.79. The van der Waals surface area contributed by atoms with Gasteiger partial charge in [0.05, 0.1) is 12.5 Å². The van der Waals surface area contributed by atoms with Crippen molar-refractivity contribution < 1.29 is 23.9 Å². The van der Waals surface area contributed by atoms with Gasteiger partial charge in [-0.3, -0.25) is 4.79 Å². The topological polar surface area (TPSA) is 89.0 Å². The van der Waals surface area contributed by atoms with E-state index < -0.39 is 5.97 Å². The van der Waals surface area contributed by atoms with Crippen LogP contribution in [0.3, 0.4) is 0 Å². The average Bonchev–Trinajstić information content (AvgIpc) is 2.79. The van der Waals surface area contributed by atoms with Crippen LogP contribution in [0.15, 0.2) is 10.2 Å². The zero-order valence-corrected chi connectivity index (χ0v) is 13.5. The van der Waals surface area contributed by atoms with E-state index in [1.54, 1.807) is 10.2 Å². The minimum absolute atomic E-state index is 0.0226. The van der Waals surface area contributed by atoms with Crippen LogP contribution >= 0.6 is 45.2 Å². The summed E-state index contributed by atoms with van der Waals surface area (Å²) in [5.41, 5.74) is 7.84. The molecule has 0 amide bonds. The van der Waals surface area contributed by atoms with E-state index >= 15 is 0 Å². The van der Waals surface area contributed by atoms with Crippen LogP contribution in [0.5, 0.6) is 0 Å². The first kappa shape index (κ1) is 15.6. The Labute approximate surface area is 131 Å². The normalized spacial score (nSPS) is 27.4. The second-order valence-electron chi connectivity index (χ2n) is 3.50. The molecule has 98 valence electrons. The van der Waals surface area contributed by atoms with E-state index in [9.17, 15) is 9.59 Å². The number of alkyl halides is 1. The summed E-state index contributed by atoms with van der Waals surface area (Å²) in [4.78, 5) is 23.4. The summed E-state index contributed by atoms with van der Waals surface area (Å²) in [6.07, 6.45) is 2.35. The maximum atomic E-state index is 10.6. The molecule has 0 unspecified atom stereocenters. The predicted octanol–water partition coefficient (Wildman–Crippen LogP) is 1.37. The molecular formula is C10H10I2N2O4. The van der Waals surface area contributed by atoms with E-state index in [4.69, 9.17) is 10.3 Å². The van der Waals surface area contributed by atoms with Crippen molar-refractivity contribution in [3.63, 3.8) is 0 Å². The molecule has 2 rings (SSSR count). The van der Waals surface area contributed by atoms with E-state index in [-0.39, 0.29) is 18.5 Å². The largest absolute Gasteiger partial charge is 0.465 e. The molecule has 8 heteroatoms. The van der Waals surface area contributed by atoms with Gasteiger partial charge in [-0.15, -0.1) is 0 Å². The molecule has 0 aromatic rings. The number of fused-ring (bicyclic) bond motifs is 1. The minimum Gasteiger partial charge on any atom is -0.465 e. The standard InChI is InChI=1S/C5H5IN2O2.C5H5IO2/c6-2-1-3-10-5(9)4-8-7;6-4-2-1-8-5(7)3(2)4/h1-2,4H,3H2;2-4H,1H2/b2-1-;/t;2-,3+,4-/m.0/s1. The first-order chi connectivity index (χ1) is 8.61. The molecule has 2 aliphatic rings. The van der Waals surface area contributed by atoms with Crippen molar-refractivity contribution in [3.05, 3.63) is 15.7 Å². The van der Waals surface area contributed by atoms with E-state index in [0.29, 0.717) is 22.7 Å². The van der Waals surface area contributed by atoms with Gasteiger partial charge in [-0.25, -0.2) is 4.79 Å². The first-order valence-electron chi connectivity index (χ1n) is 5.02. The van der Waals surface area contributed by atoms with Gasteiger partial charge in [0.25, 0.3) is 0 Å². The molecule has 1 aliphatic heterocycles. The lowest BCUT2D eigenvalue weighted by molar-refractivity contribution is -0.140. The van der Waals surface area contributed by atoms with Gasteiger partial charge in [0.2, 0.25) is 0 Å². The van der Waals surface area contributed by atoms with E-state index in [2.05, 4.69) is 32.1 Å². The van der Waals surface area contributed by atoms with Crippen LogP contribution in [0.25, 0.3) is 5.53 Å². The average molecular weight is 476 g/mol. The number of esters is 2. The number of halogens is 2. The van der Waals surface area contributed by atoms with E-state index in [0.717, 1.165) is 0 Å². The number of carbonyl (C=O) groups is 2. The number of rotatable bonds is 3. The van der Waals surface area contributed by atoms with Crippen LogP contribution in [-0.2, 0) is 19.1 Å². The van der Waals surface area contributed by atoms with E-state index in [1.807, 2.05) is 22.6 Å². The number of carbonyl (C=O) groups excluding carboxylic acids is 2.